The lowest BCUT2D eigenvalue weighted by Crippen LogP contribution is -2.21. The Morgan fingerprint density at radius 2 is 1.81 bits per heavy atom. The number of aryl methyl sites for hydroxylation is 3. The van der Waals surface area contributed by atoms with Gasteiger partial charge in [0.15, 0.2) is 5.13 Å². The van der Waals surface area contributed by atoms with E-state index in [1.165, 1.54) is 31.5 Å². The third-order valence-electron chi connectivity index (χ3n) is 5.79. The van der Waals surface area contributed by atoms with Gasteiger partial charge in [-0.25, -0.2) is 18.4 Å². The van der Waals surface area contributed by atoms with E-state index in [2.05, 4.69) is 20.0 Å². The van der Waals surface area contributed by atoms with Crippen LogP contribution in [-0.4, -0.2) is 24.4 Å². The Morgan fingerprint density at radius 3 is 2.53 bits per heavy atom. The number of pyridine rings is 1. The van der Waals surface area contributed by atoms with Gasteiger partial charge in [0.2, 0.25) is 5.95 Å². The molecule has 0 atom stereocenters. The summed E-state index contributed by atoms with van der Waals surface area (Å²) in [6, 6.07) is 7.04. The molecule has 0 bridgehead atoms. The maximum Gasteiger partial charge on any atom is 0.262 e. The first-order valence-corrected chi connectivity index (χ1v) is 13.0. The predicted molar refractivity (Wildman–Crippen MR) is 127 cm³/mol. The summed E-state index contributed by atoms with van der Waals surface area (Å²) in [7, 11) is -3.88. The molecule has 0 unspecified atom stereocenters. The Labute approximate surface area is 192 Å². The van der Waals surface area contributed by atoms with E-state index in [1.54, 1.807) is 37.3 Å². The first kappa shape index (κ1) is 22.7. The van der Waals surface area contributed by atoms with Crippen LogP contribution in [0.5, 0.6) is 0 Å². The van der Waals surface area contributed by atoms with Crippen LogP contribution in [0.25, 0.3) is 10.4 Å². The van der Waals surface area contributed by atoms with Crippen LogP contribution in [0, 0.1) is 26.7 Å². The predicted octanol–water partition coefficient (Wildman–Crippen LogP) is 5.81. The van der Waals surface area contributed by atoms with Crippen molar-refractivity contribution in [2.45, 2.75) is 63.8 Å². The maximum absolute atomic E-state index is 13.3. The van der Waals surface area contributed by atoms with Crippen molar-refractivity contribution < 1.29 is 12.8 Å². The van der Waals surface area contributed by atoms with Crippen LogP contribution in [0.3, 0.4) is 0 Å². The van der Waals surface area contributed by atoms with Crippen LogP contribution in [0.15, 0.2) is 35.4 Å². The topological polar surface area (TPSA) is 84.0 Å². The Bertz CT molecular complexity index is 1230. The number of nitrogens with zero attached hydrogens (tertiary/aromatic N) is 2. The number of sulfonamides is 1. The van der Waals surface area contributed by atoms with Gasteiger partial charge < -0.3 is 5.32 Å². The summed E-state index contributed by atoms with van der Waals surface area (Å²) in [5.74, 6) is -0.651. The first-order chi connectivity index (χ1) is 15.2. The molecule has 1 saturated carbocycles. The van der Waals surface area contributed by atoms with E-state index in [1.807, 2.05) is 13.0 Å². The standard InChI is InChI=1S/C23H27FN4O2S2/c1-14-9-10-17(22-16(3)26-23(31-22)27-18-7-5-4-6-8-18)12-20(14)32(29,30)28-19-13-25-21(24)11-15(19)2/h9-13,18,28H,4-8H2,1-3H3,(H,26,27). The highest BCUT2D eigenvalue weighted by Crippen LogP contribution is 2.36. The second-order valence-electron chi connectivity index (χ2n) is 8.32. The quantitative estimate of drug-likeness (QED) is 0.440. The number of anilines is 2. The number of halogens is 1. The minimum atomic E-state index is -3.88. The molecule has 6 nitrogen and oxygen atoms in total. The molecule has 0 aliphatic heterocycles. The first-order valence-electron chi connectivity index (χ1n) is 10.7. The zero-order valence-corrected chi connectivity index (χ0v) is 20.0. The summed E-state index contributed by atoms with van der Waals surface area (Å²) < 4.78 is 42.1. The molecule has 1 aliphatic rings. The molecule has 32 heavy (non-hydrogen) atoms. The molecule has 2 N–H and O–H groups in total. The van der Waals surface area contributed by atoms with Crippen molar-refractivity contribution in [3.63, 3.8) is 0 Å². The van der Waals surface area contributed by atoms with Gasteiger partial charge in [-0.2, -0.15) is 4.39 Å². The molecule has 0 saturated heterocycles. The Morgan fingerprint density at radius 1 is 1.06 bits per heavy atom. The van der Waals surface area contributed by atoms with Gasteiger partial charge in [0.25, 0.3) is 10.0 Å². The van der Waals surface area contributed by atoms with E-state index < -0.39 is 16.0 Å². The van der Waals surface area contributed by atoms with Gasteiger partial charge in [-0.15, -0.1) is 0 Å². The number of nitrogens with one attached hydrogen (secondary N) is 2. The van der Waals surface area contributed by atoms with E-state index in [0.717, 1.165) is 34.1 Å². The number of hydrogen-bond acceptors (Lipinski definition) is 6. The summed E-state index contributed by atoms with van der Waals surface area (Å²) in [6.45, 7) is 5.33. The van der Waals surface area contributed by atoms with Crippen molar-refractivity contribution in [1.29, 1.82) is 0 Å². The smallest absolute Gasteiger partial charge is 0.262 e. The summed E-state index contributed by atoms with van der Waals surface area (Å²) >= 11 is 1.55. The number of benzene rings is 1. The van der Waals surface area contributed by atoms with E-state index in [9.17, 15) is 12.8 Å². The molecule has 1 fully saturated rings. The highest BCUT2D eigenvalue weighted by Gasteiger charge is 2.21. The van der Waals surface area contributed by atoms with Crippen molar-refractivity contribution in [2.24, 2.45) is 0 Å². The molecular weight excluding hydrogens is 447 g/mol. The van der Waals surface area contributed by atoms with E-state index >= 15 is 0 Å². The largest absolute Gasteiger partial charge is 0.359 e. The molecule has 9 heteroatoms. The van der Waals surface area contributed by atoms with Gasteiger partial charge in [-0.05, 0) is 62.4 Å². The zero-order chi connectivity index (χ0) is 22.9. The van der Waals surface area contributed by atoms with Crippen LogP contribution in [-0.2, 0) is 10.0 Å². The fourth-order valence-corrected chi connectivity index (χ4v) is 6.43. The Balaban J connectivity index is 1.62. The molecule has 0 spiro atoms. The molecule has 2 heterocycles. The minimum Gasteiger partial charge on any atom is -0.359 e. The average molecular weight is 475 g/mol. The average Bonchev–Trinajstić information content (AvgIpc) is 3.11. The van der Waals surface area contributed by atoms with Crippen molar-refractivity contribution in [3.8, 4) is 10.4 Å². The molecule has 2 aromatic heterocycles. The third kappa shape index (κ3) is 4.94. The minimum absolute atomic E-state index is 0.174. The van der Waals surface area contributed by atoms with Crippen molar-refractivity contribution >= 4 is 32.2 Å². The van der Waals surface area contributed by atoms with Gasteiger partial charge >= 0.3 is 0 Å². The summed E-state index contributed by atoms with van der Waals surface area (Å²) in [6.07, 6.45) is 7.28. The van der Waals surface area contributed by atoms with Crippen molar-refractivity contribution in [3.05, 3.63) is 53.2 Å². The van der Waals surface area contributed by atoms with Crippen LogP contribution in [0.1, 0.15) is 48.9 Å². The molecule has 1 aliphatic carbocycles. The van der Waals surface area contributed by atoms with Crippen molar-refractivity contribution in [1.82, 2.24) is 9.97 Å². The molecule has 0 radical (unpaired) electrons. The molecule has 3 aromatic rings. The van der Waals surface area contributed by atoms with Crippen LogP contribution in [0.2, 0.25) is 0 Å². The number of aromatic nitrogens is 2. The normalized spacial score (nSPS) is 15.0. The maximum atomic E-state index is 13.3. The van der Waals surface area contributed by atoms with Gasteiger partial charge in [0.05, 0.1) is 27.4 Å². The van der Waals surface area contributed by atoms with Crippen LogP contribution >= 0.6 is 11.3 Å². The fraction of sp³-hybridized carbons (Fsp3) is 0.391. The molecule has 0 amide bonds. The number of rotatable bonds is 6. The molecular formula is C23H27FN4O2S2. The Hall–Kier alpha value is -2.52. The number of hydrogen-bond donors (Lipinski definition) is 2. The van der Waals surface area contributed by atoms with Crippen LogP contribution in [0.4, 0.5) is 15.2 Å². The third-order valence-corrected chi connectivity index (χ3v) is 8.44. The number of thiazole rings is 1. The van der Waals surface area contributed by atoms with E-state index in [-0.39, 0.29) is 10.6 Å². The highest BCUT2D eigenvalue weighted by molar-refractivity contribution is 7.92. The zero-order valence-electron chi connectivity index (χ0n) is 18.4. The Kier molecular flexibility index (Phi) is 6.48. The SMILES string of the molecule is Cc1cc(F)ncc1NS(=O)(=O)c1cc(-c2sc(NC3CCCCC3)nc2C)ccc1C. The van der Waals surface area contributed by atoms with Crippen LogP contribution < -0.4 is 10.0 Å². The molecule has 170 valence electrons. The second kappa shape index (κ2) is 9.15. The van der Waals surface area contributed by atoms with Crippen molar-refractivity contribution in [2.75, 3.05) is 10.0 Å². The lowest BCUT2D eigenvalue weighted by Gasteiger charge is -2.22. The van der Waals surface area contributed by atoms with Gasteiger partial charge in [-0.1, -0.05) is 42.7 Å². The van der Waals surface area contributed by atoms with E-state index in [0.29, 0.717) is 17.2 Å². The fourth-order valence-electron chi connectivity index (χ4n) is 4.01. The monoisotopic (exact) mass is 474 g/mol. The molecule has 1 aromatic carbocycles. The van der Waals surface area contributed by atoms with Gasteiger partial charge in [0, 0.05) is 6.04 Å². The summed E-state index contributed by atoms with van der Waals surface area (Å²) in [5, 5.41) is 4.43. The lowest BCUT2D eigenvalue weighted by molar-refractivity contribution is 0.462. The highest BCUT2D eigenvalue weighted by atomic mass is 32.2. The summed E-state index contributed by atoms with van der Waals surface area (Å²) in [4.78, 5) is 9.36. The second-order valence-corrected chi connectivity index (χ2v) is 11.0. The molecule has 4 rings (SSSR count). The van der Waals surface area contributed by atoms with E-state index in [4.69, 9.17) is 0 Å². The summed E-state index contributed by atoms with van der Waals surface area (Å²) in [5.41, 5.74) is 3.01. The van der Waals surface area contributed by atoms with Gasteiger partial charge in [-0.3, -0.25) is 4.72 Å². The lowest BCUT2D eigenvalue weighted by atomic mass is 9.96. The van der Waals surface area contributed by atoms with Gasteiger partial charge in [0.1, 0.15) is 0 Å².